The Labute approximate surface area is 87.0 Å². The first-order chi connectivity index (χ1) is 6.61. The summed E-state index contributed by atoms with van der Waals surface area (Å²) in [6.07, 6.45) is 4.29. The van der Waals surface area contributed by atoms with Crippen molar-refractivity contribution >= 4 is 5.78 Å². The highest BCUT2D eigenvalue weighted by molar-refractivity contribution is 5.80. The van der Waals surface area contributed by atoms with Crippen molar-refractivity contribution in [2.24, 2.45) is 11.8 Å². The molecule has 0 amide bonds. The van der Waals surface area contributed by atoms with E-state index in [1.807, 2.05) is 6.92 Å². The Balaban J connectivity index is 2.19. The minimum Gasteiger partial charge on any atom is -0.378 e. The van der Waals surface area contributed by atoms with Gasteiger partial charge in [0, 0.05) is 18.9 Å². The van der Waals surface area contributed by atoms with Crippen molar-refractivity contribution in [1.29, 1.82) is 0 Å². The fourth-order valence-corrected chi connectivity index (χ4v) is 1.77. The third-order valence-corrected chi connectivity index (χ3v) is 3.24. The van der Waals surface area contributed by atoms with Crippen LogP contribution in [-0.4, -0.2) is 18.5 Å². The molecule has 0 saturated carbocycles. The Kier molecular flexibility index (Phi) is 4.59. The molecule has 0 spiro atoms. The third kappa shape index (κ3) is 3.41. The molecule has 1 saturated heterocycles. The number of rotatable bonds is 5. The highest BCUT2D eigenvalue weighted by Gasteiger charge is 2.20. The number of ketones is 1. The van der Waals surface area contributed by atoms with Gasteiger partial charge in [-0.1, -0.05) is 20.8 Å². The molecule has 2 atom stereocenters. The smallest absolute Gasteiger partial charge is 0.136 e. The topological polar surface area (TPSA) is 26.3 Å². The van der Waals surface area contributed by atoms with E-state index in [4.69, 9.17) is 4.74 Å². The highest BCUT2D eigenvalue weighted by Crippen LogP contribution is 2.20. The SMILES string of the molecule is CC(C)C(C)C(=O)CCC1CCCO1. The first-order valence-corrected chi connectivity index (χ1v) is 5.75. The first kappa shape index (κ1) is 11.7. The molecule has 0 radical (unpaired) electrons. The minimum atomic E-state index is 0.205. The lowest BCUT2D eigenvalue weighted by Crippen LogP contribution is -2.18. The second kappa shape index (κ2) is 5.50. The zero-order valence-electron chi connectivity index (χ0n) is 9.58. The molecule has 2 heteroatoms. The van der Waals surface area contributed by atoms with Crippen LogP contribution in [0, 0.1) is 11.8 Å². The van der Waals surface area contributed by atoms with E-state index >= 15 is 0 Å². The van der Waals surface area contributed by atoms with Crippen LogP contribution in [0.15, 0.2) is 0 Å². The fourth-order valence-electron chi connectivity index (χ4n) is 1.77. The van der Waals surface area contributed by atoms with E-state index in [1.165, 1.54) is 6.42 Å². The van der Waals surface area contributed by atoms with Gasteiger partial charge >= 0.3 is 0 Å². The van der Waals surface area contributed by atoms with Crippen molar-refractivity contribution in [2.75, 3.05) is 6.61 Å². The van der Waals surface area contributed by atoms with Gasteiger partial charge in [-0.2, -0.15) is 0 Å². The van der Waals surface area contributed by atoms with Gasteiger partial charge in [0.15, 0.2) is 0 Å². The summed E-state index contributed by atoms with van der Waals surface area (Å²) in [6.45, 7) is 7.13. The van der Waals surface area contributed by atoms with E-state index in [0.717, 1.165) is 19.4 Å². The van der Waals surface area contributed by atoms with Crippen LogP contribution in [0.3, 0.4) is 0 Å². The molecule has 82 valence electrons. The monoisotopic (exact) mass is 198 g/mol. The number of carbonyl (C=O) groups excluding carboxylic acids is 1. The quantitative estimate of drug-likeness (QED) is 0.679. The highest BCUT2D eigenvalue weighted by atomic mass is 16.5. The molecule has 0 aromatic carbocycles. The van der Waals surface area contributed by atoms with Gasteiger partial charge in [-0.05, 0) is 25.2 Å². The molecule has 14 heavy (non-hydrogen) atoms. The van der Waals surface area contributed by atoms with Crippen LogP contribution in [0.2, 0.25) is 0 Å². The van der Waals surface area contributed by atoms with Crippen LogP contribution in [0.5, 0.6) is 0 Å². The van der Waals surface area contributed by atoms with Gasteiger partial charge in [0.25, 0.3) is 0 Å². The summed E-state index contributed by atoms with van der Waals surface area (Å²) in [5.41, 5.74) is 0. The van der Waals surface area contributed by atoms with E-state index < -0.39 is 0 Å². The Morgan fingerprint density at radius 1 is 1.43 bits per heavy atom. The lowest BCUT2D eigenvalue weighted by Gasteiger charge is -2.15. The van der Waals surface area contributed by atoms with Crippen LogP contribution >= 0.6 is 0 Å². The fraction of sp³-hybridized carbons (Fsp3) is 0.917. The Hall–Kier alpha value is -0.370. The van der Waals surface area contributed by atoms with Crippen molar-refractivity contribution in [1.82, 2.24) is 0 Å². The van der Waals surface area contributed by atoms with Gasteiger partial charge in [0.2, 0.25) is 0 Å². The van der Waals surface area contributed by atoms with Crippen LogP contribution < -0.4 is 0 Å². The minimum absolute atomic E-state index is 0.205. The summed E-state index contributed by atoms with van der Waals surface area (Å²) >= 11 is 0. The van der Waals surface area contributed by atoms with E-state index in [9.17, 15) is 4.79 Å². The number of Topliss-reactive ketones (excluding diaryl/α,β-unsaturated/α-hetero) is 1. The second-order valence-electron chi connectivity index (χ2n) is 4.67. The van der Waals surface area contributed by atoms with Gasteiger partial charge in [-0.3, -0.25) is 4.79 Å². The maximum atomic E-state index is 11.7. The molecular weight excluding hydrogens is 176 g/mol. The lowest BCUT2D eigenvalue weighted by molar-refractivity contribution is -0.124. The van der Waals surface area contributed by atoms with Crippen molar-refractivity contribution in [3.05, 3.63) is 0 Å². The molecule has 0 bridgehead atoms. The number of hydrogen-bond acceptors (Lipinski definition) is 2. The average Bonchev–Trinajstić information content (AvgIpc) is 2.65. The van der Waals surface area contributed by atoms with Crippen LogP contribution in [0.4, 0.5) is 0 Å². The summed E-state index contributed by atoms with van der Waals surface area (Å²) in [5.74, 6) is 1.07. The molecule has 0 aromatic rings. The molecule has 2 unspecified atom stereocenters. The number of ether oxygens (including phenoxy) is 1. The Morgan fingerprint density at radius 3 is 2.64 bits per heavy atom. The van der Waals surface area contributed by atoms with Crippen molar-refractivity contribution in [3.8, 4) is 0 Å². The van der Waals surface area contributed by atoms with Crippen LogP contribution in [-0.2, 0) is 9.53 Å². The van der Waals surface area contributed by atoms with E-state index in [2.05, 4.69) is 13.8 Å². The molecule has 1 aliphatic heterocycles. The predicted octanol–water partition coefficient (Wildman–Crippen LogP) is 2.81. The summed E-state index contributed by atoms with van der Waals surface area (Å²) in [7, 11) is 0. The molecular formula is C12H22O2. The molecule has 1 heterocycles. The van der Waals surface area contributed by atoms with E-state index in [1.54, 1.807) is 0 Å². The van der Waals surface area contributed by atoms with Gasteiger partial charge in [0.05, 0.1) is 6.10 Å². The van der Waals surface area contributed by atoms with Crippen molar-refractivity contribution in [2.45, 2.75) is 52.6 Å². The summed E-state index contributed by atoms with van der Waals surface area (Å²) in [6, 6.07) is 0. The van der Waals surface area contributed by atoms with Gasteiger partial charge in [-0.15, -0.1) is 0 Å². The Morgan fingerprint density at radius 2 is 2.14 bits per heavy atom. The van der Waals surface area contributed by atoms with Gasteiger partial charge in [-0.25, -0.2) is 0 Å². The largest absolute Gasteiger partial charge is 0.378 e. The number of hydrogen-bond donors (Lipinski definition) is 0. The van der Waals surface area contributed by atoms with Crippen molar-refractivity contribution < 1.29 is 9.53 Å². The maximum Gasteiger partial charge on any atom is 0.136 e. The molecule has 2 nitrogen and oxygen atoms in total. The van der Waals surface area contributed by atoms with Crippen molar-refractivity contribution in [3.63, 3.8) is 0 Å². The summed E-state index contributed by atoms with van der Waals surface area (Å²) in [4.78, 5) is 11.7. The predicted molar refractivity (Wildman–Crippen MR) is 57.2 cm³/mol. The molecule has 1 rings (SSSR count). The first-order valence-electron chi connectivity index (χ1n) is 5.75. The number of carbonyl (C=O) groups is 1. The standard InChI is InChI=1S/C12H22O2/c1-9(2)10(3)12(13)7-6-11-5-4-8-14-11/h9-11H,4-8H2,1-3H3. The average molecular weight is 198 g/mol. The van der Waals surface area contributed by atoms with Gasteiger partial charge < -0.3 is 4.74 Å². The zero-order valence-corrected chi connectivity index (χ0v) is 9.58. The molecule has 0 N–H and O–H groups in total. The zero-order chi connectivity index (χ0) is 10.6. The summed E-state index contributed by atoms with van der Waals surface area (Å²) in [5, 5.41) is 0. The lowest BCUT2D eigenvalue weighted by atomic mass is 9.90. The molecule has 1 aliphatic rings. The normalized spacial score (nSPS) is 24.1. The molecule has 0 aliphatic carbocycles. The summed E-state index contributed by atoms with van der Waals surface area (Å²) < 4.78 is 5.49. The molecule has 1 fully saturated rings. The van der Waals surface area contributed by atoms with Gasteiger partial charge in [0.1, 0.15) is 5.78 Å². The van der Waals surface area contributed by atoms with Crippen LogP contribution in [0.1, 0.15) is 46.5 Å². The third-order valence-electron chi connectivity index (χ3n) is 3.24. The Bertz CT molecular complexity index is 181. The van der Waals surface area contributed by atoms with E-state index in [0.29, 0.717) is 24.2 Å². The second-order valence-corrected chi connectivity index (χ2v) is 4.67. The maximum absolute atomic E-state index is 11.7. The molecule has 0 aromatic heterocycles. The van der Waals surface area contributed by atoms with E-state index in [-0.39, 0.29) is 5.92 Å². The van der Waals surface area contributed by atoms with Crippen LogP contribution in [0.25, 0.3) is 0 Å².